The highest BCUT2D eigenvalue weighted by Crippen LogP contribution is 2.27. The molecule has 0 aliphatic rings. The number of benzene rings is 2. The predicted octanol–water partition coefficient (Wildman–Crippen LogP) is 3.92. The van der Waals surface area contributed by atoms with Gasteiger partial charge in [0.15, 0.2) is 0 Å². The fraction of sp³-hybridized carbons (Fsp3) is 0.294. The molecule has 2 aromatic carbocycles. The van der Waals surface area contributed by atoms with Crippen molar-refractivity contribution >= 4 is 0 Å². The lowest BCUT2D eigenvalue weighted by molar-refractivity contribution is 0.408. The maximum absolute atomic E-state index is 13.5. The third-order valence-electron chi connectivity index (χ3n) is 3.22. The molecule has 2 nitrogen and oxygen atoms in total. The van der Waals surface area contributed by atoms with Gasteiger partial charge in [-0.1, -0.05) is 19.1 Å². The van der Waals surface area contributed by atoms with Crippen LogP contribution in [-0.4, -0.2) is 13.7 Å². The highest BCUT2D eigenvalue weighted by molar-refractivity contribution is 5.66. The lowest BCUT2D eigenvalue weighted by Gasteiger charge is -2.12. The lowest BCUT2D eigenvalue weighted by Crippen LogP contribution is -2.12. The van der Waals surface area contributed by atoms with Crippen LogP contribution in [0.5, 0.6) is 5.75 Å². The molecule has 0 unspecified atom stereocenters. The summed E-state index contributed by atoms with van der Waals surface area (Å²) < 4.78 is 18.9. The molecule has 0 amide bonds. The average molecular weight is 273 g/mol. The Labute approximate surface area is 119 Å². The van der Waals surface area contributed by atoms with Crippen LogP contribution in [0.2, 0.25) is 0 Å². The van der Waals surface area contributed by atoms with Crippen LogP contribution >= 0.6 is 0 Å². The molecule has 0 saturated heterocycles. The zero-order chi connectivity index (χ0) is 14.5. The van der Waals surface area contributed by atoms with Crippen LogP contribution in [0.4, 0.5) is 4.39 Å². The molecule has 2 aromatic rings. The molecule has 1 N–H and O–H groups in total. The quantitative estimate of drug-likeness (QED) is 0.891. The second kappa shape index (κ2) is 6.53. The number of ether oxygens (including phenoxy) is 1. The SMILES string of the molecule is CCNCc1cc(-c2cc(C)cc(F)c2)ccc1OC. The third-order valence-corrected chi connectivity index (χ3v) is 3.22. The summed E-state index contributed by atoms with van der Waals surface area (Å²) in [4.78, 5) is 0. The minimum absolute atomic E-state index is 0.205. The van der Waals surface area contributed by atoms with Gasteiger partial charge in [-0.3, -0.25) is 0 Å². The van der Waals surface area contributed by atoms with Crippen molar-refractivity contribution in [2.75, 3.05) is 13.7 Å². The van der Waals surface area contributed by atoms with E-state index in [2.05, 4.69) is 18.3 Å². The summed E-state index contributed by atoms with van der Waals surface area (Å²) >= 11 is 0. The first-order valence-electron chi connectivity index (χ1n) is 6.79. The second-order valence-corrected chi connectivity index (χ2v) is 4.82. The molecule has 0 aliphatic carbocycles. The van der Waals surface area contributed by atoms with E-state index < -0.39 is 0 Å². The van der Waals surface area contributed by atoms with E-state index in [0.717, 1.165) is 41.1 Å². The molecule has 20 heavy (non-hydrogen) atoms. The Kier molecular flexibility index (Phi) is 4.74. The first-order valence-corrected chi connectivity index (χ1v) is 6.79. The fourth-order valence-corrected chi connectivity index (χ4v) is 2.26. The molecule has 0 aromatic heterocycles. The van der Waals surface area contributed by atoms with Gasteiger partial charge in [-0.05, 0) is 54.4 Å². The van der Waals surface area contributed by atoms with Crippen LogP contribution in [0.1, 0.15) is 18.1 Å². The Bertz CT molecular complexity index is 575. The van der Waals surface area contributed by atoms with E-state index in [1.807, 2.05) is 25.1 Å². The number of methoxy groups -OCH3 is 1. The van der Waals surface area contributed by atoms with Gasteiger partial charge >= 0.3 is 0 Å². The summed E-state index contributed by atoms with van der Waals surface area (Å²) in [5.41, 5.74) is 3.89. The van der Waals surface area contributed by atoms with Crippen LogP contribution in [0.15, 0.2) is 36.4 Å². The summed E-state index contributed by atoms with van der Waals surface area (Å²) in [6, 6.07) is 11.0. The molecule has 0 bridgehead atoms. The maximum atomic E-state index is 13.5. The van der Waals surface area contributed by atoms with Crippen molar-refractivity contribution in [2.45, 2.75) is 20.4 Å². The van der Waals surface area contributed by atoms with E-state index in [0.29, 0.717) is 0 Å². The van der Waals surface area contributed by atoms with Crippen LogP contribution in [0.3, 0.4) is 0 Å². The largest absolute Gasteiger partial charge is 0.496 e. The maximum Gasteiger partial charge on any atom is 0.124 e. The number of aryl methyl sites for hydroxylation is 1. The minimum atomic E-state index is -0.205. The van der Waals surface area contributed by atoms with Crippen LogP contribution in [0, 0.1) is 12.7 Å². The summed E-state index contributed by atoms with van der Waals surface area (Å²) in [7, 11) is 1.66. The molecule has 2 rings (SSSR count). The lowest BCUT2D eigenvalue weighted by atomic mass is 10.0. The monoisotopic (exact) mass is 273 g/mol. The van der Waals surface area contributed by atoms with Crippen molar-refractivity contribution in [3.05, 3.63) is 53.3 Å². The molecule has 0 fully saturated rings. The van der Waals surface area contributed by atoms with E-state index in [9.17, 15) is 4.39 Å². The van der Waals surface area contributed by atoms with Crippen molar-refractivity contribution in [3.63, 3.8) is 0 Å². The number of halogens is 1. The molecule has 0 heterocycles. The highest BCUT2D eigenvalue weighted by atomic mass is 19.1. The Morgan fingerprint density at radius 3 is 2.55 bits per heavy atom. The number of nitrogens with one attached hydrogen (secondary N) is 1. The molecule has 0 radical (unpaired) electrons. The van der Waals surface area contributed by atoms with Crippen molar-refractivity contribution in [3.8, 4) is 16.9 Å². The summed E-state index contributed by atoms with van der Waals surface area (Å²) in [5.74, 6) is 0.645. The van der Waals surface area contributed by atoms with E-state index in [1.54, 1.807) is 13.2 Å². The van der Waals surface area contributed by atoms with Crippen molar-refractivity contribution in [1.29, 1.82) is 0 Å². The van der Waals surface area contributed by atoms with Gasteiger partial charge in [-0.15, -0.1) is 0 Å². The molecule has 0 atom stereocenters. The zero-order valence-electron chi connectivity index (χ0n) is 12.2. The Balaban J connectivity index is 2.41. The minimum Gasteiger partial charge on any atom is -0.496 e. The van der Waals surface area contributed by atoms with Gasteiger partial charge in [0.1, 0.15) is 11.6 Å². The first-order chi connectivity index (χ1) is 9.63. The van der Waals surface area contributed by atoms with Gasteiger partial charge in [0.2, 0.25) is 0 Å². The topological polar surface area (TPSA) is 21.3 Å². The summed E-state index contributed by atoms with van der Waals surface area (Å²) in [6.45, 7) is 5.59. The molecular formula is C17H20FNO. The molecule has 106 valence electrons. The Morgan fingerprint density at radius 2 is 1.90 bits per heavy atom. The van der Waals surface area contributed by atoms with Crippen LogP contribution < -0.4 is 10.1 Å². The number of hydrogen-bond donors (Lipinski definition) is 1. The summed E-state index contributed by atoms with van der Waals surface area (Å²) in [5, 5.41) is 3.29. The average Bonchev–Trinajstić information content (AvgIpc) is 2.43. The Hall–Kier alpha value is -1.87. The smallest absolute Gasteiger partial charge is 0.124 e. The molecule has 0 aliphatic heterocycles. The van der Waals surface area contributed by atoms with E-state index in [-0.39, 0.29) is 5.82 Å². The van der Waals surface area contributed by atoms with Gasteiger partial charge in [0.25, 0.3) is 0 Å². The standard InChI is InChI=1S/C17H20FNO/c1-4-19-11-15-9-13(5-6-17(15)20-3)14-7-12(2)8-16(18)10-14/h5-10,19H,4,11H2,1-3H3. The van der Waals surface area contributed by atoms with Crippen LogP contribution in [-0.2, 0) is 6.54 Å². The van der Waals surface area contributed by atoms with Gasteiger partial charge in [-0.25, -0.2) is 4.39 Å². The number of hydrogen-bond acceptors (Lipinski definition) is 2. The molecule has 0 spiro atoms. The molecule has 0 saturated carbocycles. The van der Waals surface area contributed by atoms with E-state index >= 15 is 0 Å². The van der Waals surface area contributed by atoms with Gasteiger partial charge in [0, 0.05) is 12.1 Å². The van der Waals surface area contributed by atoms with Crippen LogP contribution in [0.25, 0.3) is 11.1 Å². The van der Waals surface area contributed by atoms with Crippen molar-refractivity contribution < 1.29 is 9.13 Å². The second-order valence-electron chi connectivity index (χ2n) is 4.82. The fourth-order valence-electron chi connectivity index (χ4n) is 2.26. The summed E-state index contributed by atoms with van der Waals surface area (Å²) in [6.07, 6.45) is 0. The Morgan fingerprint density at radius 1 is 1.10 bits per heavy atom. The van der Waals surface area contributed by atoms with Gasteiger partial charge in [-0.2, -0.15) is 0 Å². The molecular weight excluding hydrogens is 253 g/mol. The van der Waals surface area contributed by atoms with Crippen molar-refractivity contribution in [2.24, 2.45) is 0 Å². The zero-order valence-corrected chi connectivity index (χ0v) is 12.2. The van der Waals surface area contributed by atoms with Gasteiger partial charge < -0.3 is 10.1 Å². The van der Waals surface area contributed by atoms with Gasteiger partial charge in [0.05, 0.1) is 7.11 Å². The highest BCUT2D eigenvalue weighted by Gasteiger charge is 2.07. The van der Waals surface area contributed by atoms with Crippen molar-refractivity contribution in [1.82, 2.24) is 5.32 Å². The third kappa shape index (κ3) is 3.36. The normalized spacial score (nSPS) is 10.6. The number of rotatable bonds is 5. The molecule has 3 heteroatoms. The van der Waals surface area contributed by atoms with E-state index in [4.69, 9.17) is 4.74 Å². The predicted molar refractivity (Wildman–Crippen MR) is 80.5 cm³/mol. The first kappa shape index (κ1) is 14.5. The van der Waals surface area contributed by atoms with E-state index in [1.165, 1.54) is 6.07 Å².